The van der Waals surface area contributed by atoms with Gasteiger partial charge in [0.25, 0.3) is 11.8 Å². The van der Waals surface area contributed by atoms with Crippen LogP contribution in [-0.2, 0) is 0 Å². The number of rotatable bonds is 12. The predicted octanol–water partition coefficient (Wildman–Crippen LogP) is 28.2. The first-order valence-electron chi connectivity index (χ1n) is 39.8. The molecule has 18 aromatic carbocycles. The topological polar surface area (TPSA) is 97.6 Å². The first kappa shape index (κ1) is 67.6. The largest absolute Gasteiger partial charge is 0.334 e. The van der Waals surface area contributed by atoms with Gasteiger partial charge in [-0.1, -0.05) is 265 Å². The third-order valence-corrected chi connectivity index (χ3v) is 23.4. The molecule has 0 amide bonds. The second-order valence-electron chi connectivity index (χ2n) is 30.2. The van der Waals surface area contributed by atoms with E-state index in [1.54, 1.807) is 0 Å². The van der Waals surface area contributed by atoms with E-state index in [2.05, 4.69) is 385 Å². The number of hydrogen-bond acceptors (Lipinski definition) is 6. The first-order chi connectivity index (χ1) is 58.5. The van der Waals surface area contributed by atoms with Crippen molar-refractivity contribution in [2.75, 3.05) is 0 Å². The Bertz CT molecular complexity index is 7800. The van der Waals surface area contributed by atoms with E-state index in [0.717, 1.165) is 67.1 Å². The minimum atomic E-state index is 0.493. The molecule has 10 heteroatoms. The average molecular weight is 1510 g/mol. The van der Waals surface area contributed by atoms with Gasteiger partial charge < -0.3 is 27.3 Å². The van der Waals surface area contributed by atoms with Crippen LogP contribution in [0, 0.1) is 0 Å². The highest BCUT2D eigenvalue weighted by Crippen LogP contribution is 2.44. The Morgan fingerprint density at radius 1 is 0.161 bits per heavy atom. The molecule has 0 saturated heterocycles. The monoisotopic (exact) mass is 1510 g/mol. The van der Waals surface area contributed by atoms with Crippen molar-refractivity contribution in [2.45, 2.75) is 0 Å². The molecule has 24 rings (SSSR count). The highest BCUT2D eigenvalue weighted by Gasteiger charge is 2.23. The molecule has 0 spiro atoms. The average Bonchev–Trinajstić information content (AvgIpc) is 1.57. The molecule has 118 heavy (non-hydrogen) atoms. The summed E-state index contributed by atoms with van der Waals surface area (Å²) < 4.78 is 20.9. The van der Waals surface area contributed by atoms with Gasteiger partial charge in [0.15, 0.2) is 0 Å². The smallest absolute Gasteiger partial charge is 0.258 e. The molecule has 0 bridgehead atoms. The maximum Gasteiger partial charge on any atom is 0.258 e. The fourth-order valence-corrected chi connectivity index (χ4v) is 17.7. The Morgan fingerprint density at radius 3 is 0.788 bits per heavy atom. The molecule has 24 aromatic rings. The van der Waals surface area contributed by atoms with Gasteiger partial charge in [-0.05, 0) is 224 Å². The molecule has 0 atom stereocenters. The van der Waals surface area contributed by atoms with Gasteiger partial charge in [-0.15, -0.1) is 0 Å². The third-order valence-electron chi connectivity index (χ3n) is 23.4. The van der Waals surface area contributed by atoms with Gasteiger partial charge in [0.1, 0.15) is 0 Å². The SMILES string of the molecule is c1ccc(-c2ccc3c(c2)c2cc(-c4ccccc4)ccc2n3-c2ccc3c(c2)c2ccccc2n3-c2ccc(-c3nc(-c4ccccc4)no3)cc2)cc1.c1ccc(-c2noc(-c3ccc(-n4c5ccccc5c5cc(-n6c7ccc(-c8ccc9ccccc9c8)cc7c7cc(-c8ccc9ccccc9c8)ccc76)ccc54)cc3)n2)cc1. The Morgan fingerprint density at radius 2 is 0.415 bits per heavy atom. The minimum absolute atomic E-state index is 0.493. The molecule has 0 saturated carbocycles. The molecule has 0 aliphatic rings. The predicted molar refractivity (Wildman–Crippen MR) is 484 cm³/mol. The molecular weight excluding hydrogens is 1440 g/mol. The number of benzene rings is 18. The van der Waals surface area contributed by atoms with Gasteiger partial charge in [-0.25, -0.2) is 0 Å². The maximum atomic E-state index is 5.70. The van der Waals surface area contributed by atoms with Crippen LogP contribution < -0.4 is 0 Å². The van der Waals surface area contributed by atoms with E-state index in [1.165, 1.54) is 131 Å². The van der Waals surface area contributed by atoms with Crippen molar-refractivity contribution < 1.29 is 9.05 Å². The van der Waals surface area contributed by atoms with E-state index in [4.69, 9.17) is 14.0 Å². The van der Waals surface area contributed by atoms with Crippen LogP contribution in [0.15, 0.2) is 422 Å². The summed E-state index contributed by atoms with van der Waals surface area (Å²) in [6.07, 6.45) is 0. The van der Waals surface area contributed by atoms with Crippen LogP contribution >= 0.6 is 0 Å². The molecular formula is C108H68N8O2. The van der Waals surface area contributed by atoms with Crippen molar-refractivity contribution in [2.24, 2.45) is 0 Å². The molecule has 0 radical (unpaired) electrons. The molecule has 6 aromatic heterocycles. The maximum absolute atomic E-state index is 5.70. The normalized spacial score (nSPS) is 11.7. The van der Waals surface area contributed by atoms with Crippen LogP contribution in [-0.4, -0.2) is 38.5 Å². The summed E-state index contributed by atoms with van der Waals surface area (Å²) in [5.74, 6) is 2.14. The van der Waals surface area contributed by atoms with Gasteiger partial charge in [-0.2, -0.15) is 9.97 Å². The summed E-state index contributed by atoms with van der Waals surface area (Å²) in [5.41, 5.74) is 26.8. The van der Waals surface area contributed by atoms with Crippen LogP contribution in [0.4, 0.5) is 0 Å². The molecule has 6 heterocycles. The van der Waals surface area contributed by atoms with Gasteiger partial charge in [-0.3, -0.25) is 0 Å². The Labute approximate surface area is 677 Å². The molecule has 0 aliphatic heterocycles. The van der Waals surface area contributed by atoms with Crippen molar-refractivity contribution in [1.82, 2.24) is 38.5 Å². The van der Waals surface area contributed by atoms with Crippen molar-refractivity contribution in [1.29, 1.82) is 0 Å². The zero-order chi connectivity index (χ0) is 77.7. The summed E-state index contributed by atoms with van der Waals surface area (Å²) in [6.45, 7) is 0. The number of nitrogens with zero attached hydrogens (tertiary/aromatic N) is 8. The molecule has 0 unspecified atom stereocenters. The van der Waals surface area contributed by atoms with E-state index >= 15 is 0 Å². The minimum Gasteiger partial charge on any atom is -0.334 e. The van der Waals surface area contributed by atoms with Crippen LogP contribution in [0.25, 0.3) is 222 Å². The van der Waals surface area contributed by atoms with E-state index in [1.807, 2.05) is 60.7 Å². The van der Waals surface area contributed by atoms with E-state index in [-0.39, 0.29) is 0 Å². The molecule has 0 fully saturated rings. The van der Waals surface area contributed by atoms with Gasteiger partial charge in [0, 0.05) is 88.1 Å². The number of aromatic nitrogens is 8. The van der Waals surface area contributed by atoms with Gasteiger partial charge in [0.2, 0.25) is 11.6 Å². The Kier molecular flexibility index (Phi) is 16.0. The van der Waals surface area contributed by atoms with Crippen molar-refractivity contribution in [3.05, 3.63) is 413 Å². The quantitative estimate of drug-likeness (QED) is 0.121. The lowest BCUT2D eigenvalue weighted by Gasteiger charge is -2.11. The summed E-state index contributed by atoms with van der Waals surface area (Å²) in [6, 6.07) is 147. The third kappa shape index (κ3) is 11.6. The highest BCUT2D eigenvalue weighted by molar-refractivity contribution is 6.16. The zero-order valence-corrected chi connectivity index (χ0v) is 63.7. The van der Waals surface area contributed by atoms with E-state index in [9.17, 15) is 0 Å². The van der Waals surface area contributed by atoms with Gasteiger partial charge in [0.05, 0.1) is 44.1 Å². The first-order valence-corrected chi connectivity index (χ1v) is 39.8. The lowest BCUT2D eigenvalue weighted by Crippen LogP contribution is -1.96. The molecule has 0 aliphatic carbocycles. The zero-order valence-electron chi connectivity index (χ0n) is 63.7. The standard InChI is InChI=1S/C58H36N4O.C50H32N4O/c1-2-12-39(13-3-1)57-59-58(63-60-57)40-22-26-47(27-23-40)61-53-17-9-8-16-49(53)52-36-48(28-31-56(52)61)62-54-29-24-45(43-20-18-37-10-4-6-14-41(37)32-43)34-50(54)51-35-46(25-30-55(51)62)44-21-19-38-11-5-7-15-42(38)33-44;1-4-12-33(13-5-1)37-22-27-46-42(30-37)43-31-38(34-14-6-2-7-15-34)23-28-47(43)54(46)40-26-29-48-44(32-40)41-18-10-11-19-45(41)53(48)39-24-20-36(21-25-39)50-51-49(52-55-50)35-16-8-3-9-17-35/h1-36H;1-32H. The highest BCUT2D eigenvalue weighted by atomic mass is 16.5. The summed E-state index contributed by atoms with van der Waals surface area (Å²) in [4.78, 5) is 9.37. The Hall–Kier alpha value is -16.0. The molecule has 10 nitrogen and oxygen atoms in total. The second kappa shape index (κ2) is 28.0. The van der Waals surface area contributed by atoms with E-state index < -0.39 is 0 Å². The number of para-hydroxylation sites is 2. The second-order valence-corrected chi connectivity index (χ2v) is 30.2. The lowest BCUT2D eigenvalue weighted by molar-refractivity contribution is 0.432. The fraction of sp³-hybridized carbons (Fsp3) is 0. The van der Waals surface area contributed by atoms with Gasteiger partial charge >= 0.3 is 0 Å². The van der Waals surface area contributed by atoms with Crippen LogP contribution in [0.2, 0.25) is 0 Å². The number of hydrogen-bond donors (Lipinski definition) is 0. The van der Waals surface area contributed by atoms with Crippen LogP contribution in [0.5, 0.6) is 0 Å². The summed E-state index contributed by atoms with van der Waals surface area (Å²) in [5, 5.41) is 23.1. The molecule has 552 valence electrons. The van der Waals surface area contributed by atoms with Crippen LogP contribution in [0.1, 0.15) is 0 Å². The molecule has 0 N–H and O–H groups in total. The lowest BCUT2D eigenvalue weighted by atomic mass is 9.98. The fourth-order valence-electron chi connectivity index (χ4n) is 17.7. The summed E-state index contributed by atoms with van der Waals surface area (Å²) >= 11 is 0. The Balaban J connectivity index is 0.000000140. The van der Waals surface area contributed by atoms with Crippen molar-refractivity contribution >= 4 is 109 Å². The van der Waals surface area contributed by atoms with Crippen molar-refractivity contribution in [3.8, 4) is 113 Å². The van der Waals surface area contributed by atoms with E-state index in [0.29, 0.717) is 23.4 Å². The number of fused-ring (bicyclic) bond motifs is 14. The summed E-state index contributed by atoms with van der Waals surface area (Å²) in [7, 11) is 0. The van der Waals surface area contributed by atoms with Crippen LogP contribution in [0.3, 0.4) is 0 Å². The van der Waals surface area contributed by atoms with Crippen molar-refractivity contribution in [3.63, 3.8) is 0 Å².